The lowest BCUT2D eigenvalue weighted by molar-refractivity contribution is 1.24. The molecule has 3 heteroatoms. The molecule has 286 valence electrons. The van der Waals surface area contributed by atoms with Gasteiger partial charge in [0.2, 0.25) is 0 Å². The van der Waals surface area contributed by atoms with E-state index in [9.17, 15) is 0 Å². The van der Waals surface area contributed by atoms with E-state index in [0.29, 0.717) is 0 Å². The Morgan fingerprint density at radius 1 is 0.262 bits per heavy atom. The average Bonchev–Trinajstić information content (AvgIpc) is 3.73. The highest BCUT2D eigenvalue weighted by Crippen LogP contribution is 2.41. The molecule has 2 heterocycles. The van der Waals surface area contributed by atoms with E-state index in [1.54, 1.807) is 11.3 Å². The molecule has 11 rings (SSSR count). The summed E-state index contributed by atoms with van der Waals surface area (Å²) in [5.41, 5.74) is 17.1. The molecule has 0 N–H and O–H groups in total. The van der Waals surface area contributed by atoms with E-state index in [2.05, 4.69) is 231 Å². The fourth-order valence-electron chi connectivity index (χ4n) is 8.42. The fourth-order valence-corrected chi connectivity index (χ4v) is 9.50. The predicted molar refractivity (Wildman–Crippen MR) is 258 cm³/mol. The van der Waals surface area contributed by atoms with Crippen molar-refractivity contribution in [3.05, 3.63) is 231 Å². The van der Waals surface area contributed by atoms with Gasteiger partial charge in [-0.25, -0.2) is 9.97 Å². The largest absolute Gasteiger partial charge is 0.227 e. The first-order valence-electron chi connectivity index (χ1n) is 20.6. The summed E-state index contributed by atoms with van der Waals surface area (Å²) in [6, 6.07) is 82.5. The summed E-state index contributed by atoms with van der Waals surface area (Å²) >= 11 is 1.73. The zero-order valence-corrected chi connectivity index (χ0v) is 34.1. The molecule has 0 fully saturated rings. The monoisotopic (exact) mass is 794 g/mol. The summed E-state index contributed by atoms with van der Waals surface area (Å²) in [6.45, 7) is 0. The number of benzene rings is 9. The topological polar surface area (TPSA) is 25.8 Å². The molecule has 0 amide bonds. The third-order valence-electron chi connectivity index (χ3n) is 11.5. The molecule has 0 spiro atoms. The molecule has 2 aromatic heterocycles. The highest BCUT2D eigenvalue weighted by Gasteiger charge is 2.18. The van der Waals surface area contributed by atoms with Crippen LogP contribution in [0.4, 0.5) is 0 Å². The maximum atomic E-state index is 5.40. The number of rotatable bonds is 8. The Balaban J connectivity index is 1.00. The lowest BCUT2D eigenvalue weighted by Crippen LogP contribution is -1.94. The second kappa shape index (κ2) is 15.8. The molecular weight excluding hydrogens is 757 g/mol. The number of fused-ring (bicyclic) bond motifs is 3. The summed E-state index contributed by atoms with van der Waals surface area (Å²) in [4.78, 5) is 11.6. The van der Waals surface area contributed by atoms with Crippen LogP contribution in [0, 0.1) is 0 Å². The molecule has 0 atom stereocenters. The van der Waals surface area contributed by atoms with Gasteiger partial charge in [-0.1, -0.05) is 182 Å². The van der Waals surface area contributed by atoms with Crippen molar-refractivity contribution in [1.29, 1.82) is 0 Å². The smallest absolute Gasteiger partial charge is 0.161 e. The minimum Gasteiger partial charge on any atom is -0.227 e. The molecule has 11 aromatic rings. The van der Waals surface area contributed by atoms with Crippen molar-refractivity contribution in [3.63, 3.8) is 0 Å². The van der Waals surface area contributed by atoms with E-state index in [1.807, 2.05) is 0 Å². The minimum absolute atomic E-state index is 0.718. The lowest BCUT2D eigenvalue weighted by Gasteiger charge is -2.14. The second-order valence-electron chi connectivity index (χ2n) is 15.4. The first kappa shape index (κ1) is 36.4. The molecular formula is C58H38N2S. The first-order chi connectivity index (χ1) is 30.2. The molecule has 0 aliphatic carbocycles. The Kier molecular flexibility index (Phi) is 9.42. The van der Waals surface area contributed by atoms with Gasteiger partial charge in [0.05, 0.1) is 5.69 Å². The number of aromatic nitrogens is 2. The Hall–Kier alpha value is -7.72. The van der Waals surface area contributed by atoms with Gasteiger partial charge in [0, 0.05) is 26.6 Å². The van der Waals surface area contributed by atoms with Gasteiger partial charge in [0.15, 0.2) is 5.82 Å². The molecule has 9 aromatic carbocycles. The van der Waals surface area contributed by atoms with Crippen LogP contribution in [0.3, 0.4) is 0 Å². The third kappa shape index (κ3) is 7.22. The summed E-state index contributed by atoms with van der Waals surface area (Å²) in [6.07, 6.45) is 0. The van der Waals surface area contributed by atoms with Gasteiger partial charge in [-0.15, -0.1) is 11.3 Å². The maximum absolute atomic E-state index is 5.40. The van der Waals surface area contributed by atoms with E-state index in [0.717, 1.165) is 55.1 Å². The Labute approximate surface area is 359 Å². The highest BCUT2D eigenvalue weighted by atomic mass is 32.1. The minimum atomic E-state index is 0.718. The van der Waals surface area contributed by atoms with E-state index in [-0.39, 0.29) is 0 Å². The Bertz CT molecular complexity index is 3350. The summed E-state index contributed by atoms with van der Waals surface area (Å²) in [7, 11) is 0. The van der Waals surface area contributed by atoms with Crippen LogP contribution in [0.25, 0.3) is 110 Å². The van der Waals surface area contributed by atoms with Crippen molar-refractivity contribution in [2.45, 2.75) is 0 Å². The van der Waals surface area contributed by atoms with Gasteiger partial charge >= 0.3 is 0 Å². The van der Waals surface area contributed by atoms with E-state index >= 15 is 0 Å². The summed E-state index contributed by atoms with van der Waals surface area (Å²) < 4.78 is 1.21. The zero-order chi connectivity index (χ0) is 40.5. The highest BCUT2D eigenvalue weighted by molar-refractivity contribution is 7.25. The average molecular weight is 795 g/mol. The van der Waals surface area contributed by atoms with Crippen LogP contribution in [0.5, 0.6) is 0 Å². The van der Waals surface area contributed by atoms with Crippen molar-refractivity contribution >= 4 is 31.6 Å². The number of hydrogen-bond acceptors (Lipinski definition) is 3. The molecule has 0 aliphatic heterocycles. The number of nitrogens with zero attached hydrogens (tertiary/aromatic N) is 2. The van der Waals surface area contributed by atoms with Crippen LogP contribution in [-0.2, 0) is 0 Å². The molecule has 61 heavy (non-hydrogen) atoms. The SMILES string of the molecule is c1ccc(-c2cccc(-c3cc(-c4ccccc4)cc(-c4cccc(-c5cccc(-c6nc(-c7cccc(-c8ccccc8)c7)c7c(n6)sc6ccccc67)c5)c4)c3)c2)cc1. The van der Waals surface area contributed by atoms with Gasteiger partial charge < -0.3 is 0 Å². The van der Waals surface area contributed by atoms with Crippen LogP contribution >= 0.6 is 11.3 Å². The van der Waals surface area contributed by atoms with Gasteiger partial charge in [-0.3, -0.25) is 0 Å². The molecule has 2 nitrogen and oxygen atoms in total. The quantitative estimate of drug-likeness (QED) is 0.153. The zero-order valence-electron chi connectivity index (χ0n) is 33.2. The molecule has 0 saturated carbocycles. The van der Waals surface area contributed by atoms with Crippen LogP contribution in [0.1, 0.15) is 0 Å². The van der Waals surface area contributed by atoms with Crippen LogP contribution in [-0.4, -0.2) is 9.97 Å². The Morgan fingerprint density at radius 3 is 1.15 bits per heavy atom. The van der Waals surface area contributed by atoms with Crippen LogP contribution in [0.2, 0.25) is 0 Å². The normalized spacial score (nSPS) is 11.3. The van der Waals surface area contributed by atoms with Crippen molar-refractivity contribution in [1.82, 2.24) is 9.97 Å². The standard InChI is InChI=1S/C58H38N2S/c1-4-16-39(17-5-1)42-22-12-26-46(32-42)51-36-50(41-20-8-3-9-21-41)37-52(38-51)47-27-13-24-44(33-47)45-25-15-29-49(35-45)57-59-56(55-53-30-10-11-31-54(53)61-58(55)60-57)48-28-14-23-43(34-48)40-18-6-2-7-19-40/h1-38H. The lowest BCUT2D eigenvalue weighted by atomic mass is 9.91. The molecule has 0 aliphatic rings. The van der Waals surface area contributed by atoms with E-state index in [4.69, 9.17) is 9.97 Å². The van der Waals surface area contributed by atoms with Gasteiger partial charge in [0.1, 0.15) is 4.83 Å². The maximum Gasteiger partial charge on any atom is 0.161 e. The van der Waals surface area contributed by atoms with Crippen LogP contribution in [0.15, 0.2) is 231 Å². The third-order valence-corrected chi connectivity index (χ3v) is 12.5. The molecule has 0 unspecified atom stereocenters. The predicted octanol–water partition coefficient (Wildman–Crippen LogP) is 16.2. The van der Waals surface area contributed by atoms with Crippen molar-refractivity contribution in [2.24, 2.45) is 0 Å². The summed E-state index contributed by atoms with van der Waals surface area (Å²) in [5, 5.41) is 2.28. The van der Waals surface area contributed by atoms with Crippen molar-refractivity contribution in [2.75, 3.05) is 0 Å². The molecule has 0 saturated heterocycles. The van der Waals surface area contributed by atoms with E-state index in [1.165, 1.54) is 54.6 Å². The second-order valence-corrected chi connectivity index (χ2v) is 16.4. The number of thiophene rings is 1. The Morgan fingerprint density at radius 2 is 0.607 bits per heavy atom. The van der Waals surface area contributed by atoms with Crippen molar-refractivity contribution < 1.29 is 0 Å². The molecule has 0 bridgehead atoms. The van der Waals surface area contributed by atoms with Gasteiger partial charge in [-0.05, 0) is 115 Å². The van der Waals surface area contributed by atoms with Gasteiger partial charge in [-0.2, -0.15) is 0 Å². The van der Waals surface area contributed by atoms with E-state index < -0.39 is 0 Å². The van der Waals surface area contributed by atoms with Crippen LogP contribution < -0.4 is 0 Å². The summed E-state index contributed by atoms with van der Waals surface area (Å²) in [5.74, 6) is 0.718. The first-order valence-corrected chi connectivity index (χ1v) is 21.4. The molecule has 0 radical (unpaired) electrons. The number of hydrogen-bond donors (Lipinski definition) is 0. The van der Waals surface area contributed by atoms with Gasteiger partial charge in [0.25, 0.3) is 0 Å². The van der Waals surface area contributed by atoms with Crippen molar-refractivity contribution in [3.8, 4) is 89.4 Å². The fraction of sp³-hybridized carbons (Fsp3) is 0.